The third kappa shape index (κ3) is 4.88. The summed E-state index contributed by atoms with van der Waals surface area (Å²) in [6.07, 6.45) is 0. The van der Waals surface area contributed by atoms with Gasteiger partial charge in [-0.15, -0.1) is 10.2 Å². The summed E-state index contributed by atoms with van der Waals surface area (Å²) >= 11 is 1.06. The van der Waals surface area contributed by atoms with E-state index >= 15 is 0 Å². The van der Waals surface area contributed by atoms with Gasteiger partial charge in [-0.25, -0.2) is 4.79 Å². The first-order valence-electron chi connectivity index (χ1n) is 7.68. The zero-order valence-electron chi connectivity index (χ0n) is 14.8. The number of nitrogens with one attached hydrogen (secondary N) is 1. The fraction of sp³-hybridized carbons (Fsp3) is 0.375. The number of methoxy groups -OCH3 is 2. The van der Waals surface area contributed by atoms with Crippen LogP contribution in [0.5, 0.6) is 11.5 Å². The van der Waals surface area contributed by atoms with Gasteiger partial charge in [0.1, 0.15) is 11.5 Å². The van der Waals surface area contributed by atoms with E-state index in [1.54, 1.807) is 18.2 Å². The zero-order valence-corrected chi connectivity index (χ0v) is 15.6. The molecule has 1 atom stereocenters. The maximum absolute atomic E-state index is 12.1. The summed E-state index contributed by atoms with van der Waals surface area (Å²) in [7, 11) is 3.08. The molecule has 1 heterocycles. The van der Waals surface area contributed by atoms with Crippen molar-refractivity contribution in [1.29, 1.82) is 0 Å². The summed E-state index contributed by atoms with van der Waals surface area (Å²) in [4.78, 5) is 23.0. The molecule has 0 saturated carbocycles. The molecule has 1 unspecified atom stereocenters. The van der Waals surface area contributed by atoms with Crippen molar-refractivity contribution in [3.63, 3.8) is 0 Å². The highest BCUT2D eigenvalue weighted by atomic mass is 32.2. The standard InChI is InChI=1S/C16H20N4O5S/c1-8(2)12(13(21)18-15(17)22)26-16-20-19-14(25-16)9-5-10(23-3)7-11(6-9)24-4/h5-8,12H,1-4H3,(H3,17,18,21,22). The van der Waals surface area contributed by atoms with E-state index in [-0.39, 0.29) is 17.0 Å². The Bertz CT molecular complexity index is 770. The van der Waals surface area contributed by atoms with Crippen molar-refractivity contribution < 1.29 is 23.5 Å². The van der Waals surface area contributed by atoms with E-state index in [0.29, 0.717) is 17.1 Å². The predicted molar refractivity (Wildman–Crippen MR) is 95.0 cm³/mol. The molecule has 0 aliphatic carbocycles. The Kier molecular flexibility index (Phi) is 6.45. The van der Waals surface area contributed by atoms with Crippen LogP contribution in [0.2, 0.25) is 0 Å². The highest BCUT2D eigenvalue weighted by Gasteiger charge is 2.27. The van der Waals surface area contributed by atoms with Crippen LogP contribution in [0.15, 0.2) is 27.8 Å². The largest absolute Gasteiger partial charge is 0.497 e. The third-order valence-corrected chi connectivity index (χ3v) is 4.72. The normalized spacial score (nSPS) is 11.9. The molecule has 0 spiro atoms. The molecule has 2 aromatic rings. The fourth-order valence-electron chi connectivity index (χ4n) is 2.10. The second-order valence-corrected chi connectivity index (χ2v) is 6.70. The molecule has 140 valence electrons. The Balaban J connectivity index is 2.23. The maximum Gasteiger partial charge on any atom is 0.318 e. The van der Waals surface area contributed by atoms with Crippen molar-refractivity contribution in [1.82, 2.24) is 15.5 Å². The number of thioether (sulfide) groups is 1. The summed E-state index contributed by atoms with van der Waals surface area (Å²) in [5.74, 6) is 0.801. The van der Waals surface area contributed by atoms with Gasteiger partial charge in [0, 0.05) is 11.6 Å². The molecular formula is C16H20N4O5S. The third-order valence-electron chi connectivity index (χ3n) is 3.34. The van der Waals surface area contributed by atoms with E-state index < -0.39 is 17.2 Å². The van der Waals surface area contributed by atoms with Crippen LogP contribution in [0.25, 0.3) is 11.5 Å². The van der Waals surface area contributed by atoms with Crippen molar-refractivity contribution in [2.24, 2.45) is 11.7 Å². The minimum atomic E-state index is -0.907. The zero-order chi connectivity index (χ0) is 19.3. The van der Waals surface area contributed by atoms with Crippen molar-refractivity contribution in [3.05, 3.63) is 18.2 Å². The molecule has 0 bridgehead atoms. The molecule has 9 nitrogen and oxygen atoms in total. The lowest BCUT2D eigenvalue weighted by Crippen LogP contribution is -2.42. The van der Waals surface area contributed by atoms with E-state index in [9.17, 15) is 9.59 Å². The number of aromatic nitrogens is 2. The number of carbonyl (C=O) groups is 2. The monoisotopic (exact) mass is 380 g/mol. The lowest BCUT2D eigenvalue weighted by atomic mass is 10.1. The molecule has 10 heteroatoms. The lowest BCUT2D eigenvalue weighted by Gasteiger charge is -2.16. The minimum Gasteiger partial charge on any atom is -0.497 e. The molecule has 26 heavy (non-hydrogen) atoms. The second-order valence-electron chi connectivity index (χ2n) is 5.61. The van der Waals surface area contributed by atoms with E-state index in [2.05, 4.69) is 15.5 Å². The van der Waals surface area contributed by atoms with Crippen LogP contribution in [0.4, 0.5) is 4.79 Å². The Morgan fingerprint density at radius 1 is 1.15 bits per heavy atom. The number of carbonyl (C=O) groups excluding carboxylic acids is 2. The quantitative estimate of drug-likeness (QED) is 0.698. The Morgan fingerprint density at radius 3 is 2.27 bits per heavy atom. The van der Waals surface area contributed by atoms with Gasteiger partial charge in [0.25, 0.3) is 5.22 Å². The Labute approximate surface area is 154 Å². The number of amides is 3. The van der Waals surface area contributed by atoms with Crippen molar-refractivity contribution >= 4 is 23.7 Å². The number of imide groups is 1. The summed E-state index contributed by atoms with van der Waals surface area (Å²) in [5.41, 5.74) is 5.62. The van der Waals surface area contributed by atoms with Crippen LogP contribution < -0.4 is 20.5 Å². The summed E-state index contributed by atoms with van der Waals surface area (Å²) < 4.78 is 16.1. The highest BCUT2D eigenvalue weighted by Crippen LogP contribution is 2.32. The first-order valence-corrected chi connectivity index (χ1v) is 8.56. The highest BCUT2D eigenvalue weighted by molar-refractivity contribution is 8.00. The number of hydrogen-bond donors (Lipinski definition) is 2. The van der Waals surface area contributed by atoms with Crippen molar-refractivity contribution in [2.45, 2.75) is 24.3 Å². The second kappa shape index (κ2) is 8.56. The summed E-state index contributed by atoms with van der Waals surface area (Å²) in [5, 5.41) is 9.60. The number of benzene rings is 1. The molecular weight excluding hydrogens is 360 g/mol. The minimum absolute atomic E-state index is 0.0911. The van der Waals surface area contributed by atoms with Gasteiger partial charge in [-0.05, 0) is 18.1 Å². The molecule has 2 rings (SSSR count). The van der Waals surface area contributed by atoms with Crippen molar-refractivity contribution in [2.75, 3.05) is 14.2 Å². The van der Waals surface area contributed by atoms with Gasteiger partial charge in [-0.2, -0.15) is 0 Å². The number of rotatable bonds is 7. The lowest BCUT2D eigenvalue weighted by molar-refractivity contribution is -0.120. The molecule has 1 aromatic heterocycles. The topological polar surface area (TPSA) is 130 Å². The average molecular weight is 380 g/mol. The molecule has 3 N–H and O–H groups in total. The molecule has 3 amide bonds. The van der Waals surface area contributed by atoms with Crippen LogP contribution >= 0.6 is 11.8 Å². The van der Waals surface area contributed by atoms with E-state index in [1.807, 2.05) is 13.8 Å². The first-order chi connectivity index (χ1) is 12.3. The fourth-order valence-corrected chi connectivity index (χ4v) is 2.97. The van der Waals surface area contributed by atoms with Crippen LogP contribution in [0, 0.1) is 5.92 Å². The van der Waals surface area contributed by atoms with E-state index in [0.717, 1.165) is 11.8 Å². The van der Waals surface area contributed by atoms with Crippen LogP contribution in [-0.2, 0) is 4.79 Å². The van der Waals surface area contributed by atoms with Gasteiger partial charge in [0.15, 0.2) is 0 Å². The maximum atomic E-state index is 12.1. The predicted octanol–water partition coefficient (Wildman–Crippen LogP) is 2.07. The average Bonchev–Trinajstić information content (AvgIpc) is 3.07. The van der Waals surface area contributed by atoms with Gasteiger partial charge < -0.3 is 19.6 Å². The number of primary amides is 1. The smallest absolute Gasteiger partial charge is 0.318 e. The van der Waals surface area contributed by atoms with Crippen LogP contribution in [-0.4, -0.2) is 41.6 Å². The Hall–Kier alpha value is -2.75. The number of ether oxygens (including phenoxy) is 2. The van der Waals surface area contributed by atoms with Gasteiger partial charge in [-0.3, -0.25) is 10.1 Å². The molecule has 0 aliphatic rings. The van der Waals surface area contributed by atoms with E-state index in [1.165, 1.54) is 14.2 Å². The Morgan fingerprint density at radius 2 is 1.77 bits per heavy atom. The SMILES string of the molecule is COc1cc(OC)cc(-c2nnc(SC(C(=O)NC(N)=O)C(C)C)o2)c1. The first kappa shape index (κ1) is 19.6. The molecule has 1 aromatic carbocycles. The summed E-state index contributed by atoms with van der Waals surface area (Å²) in [6, 6.07) is 4.27. The molecule has 0 radical (unpaired) electrons. The van der Waals surface area contributed by atoms with Gasteiger partial charge in [0.05, 0.1) is 19.5 Å². The van der Waals surface area contributed by atoms with E-state index in [4.69, 9.17) is 19.6 Å². The molecule has 0 saturated heterocycles. The number of nitrogens with zero attached hydrogens (tertiary/aromatic N) is 2. The number of nitrogens with two attached hydrogens (primary N) is 1. The molecule has 0 fully saturated rings. The summed E-state index contributed by atoms with van der Waals surface area (Å²) in [6.45, 7) is 3.67. The van der Waals surface area contributed by atoms with Crippen LogP contribution in [0.1, 0.15) is 13.8 Å². The van der Waals surface area contributed by atoms with Gasteiger partial charge >= 0.3 is 6.03 Å². The number of hydrogen-bond acceptors (Lipinski definition) is 8. The number of urea groups is 1. The van der Waals surface area contributed by atoms with Gasteiger partial charge in [0.2, 0.25) is 11.8 Å². The van der Waals surface area contributed by atoms with Crippen LogP contribution in [0.3, 0.4) is 0 Å². The van der Waals surface area contributed by atoms with Crippen molar-refractivity contribution in [3.8, 4) is 23.0 Å². The van der Waals surface area contributed by atoms with Gasteiger partial charge in [-0.1, -0.05) is 25.6 Å². The molecule has 0 aliphatic heterocycles.